The third kappa shape index (κ3) is 4.32. The van der Waals surface area contributed by atoms with Gasteiger partial charge in [-0.15, -0.1) is 0 Å². The fourth-order valence-corrected chi connectivity index (χ4v) is 2.35. The monoisotopic (exact) mass is 317 g/mol. The summed E-state index contributed by atoms with van der Waals surface area (Å²) in [6.07, 6.45) is 2.02. The number of hydrogen-bond acceptors (Lipinski definition) is 3. The van der Waals surface area contributed by atoms with Crippen LogP contribution in [0.2, 0.25) is 0 Å². The molecule has 6 nitrogen and oxygen atoms in total. The van der Waals surface area contributed by atoms with Crippen LogP contribution in [0.3, 0.4) is 0 Å². The molecule has 1 heterocycles. The highest BCUT2D eigenvalue weighted by atomic mass is 16.3. The van der Waals surface area contributed by atoms with E-state index in [1.54, 1.807) is 13.0 Å². The Morgan fingerprint density at radius 2 is 1.91 bits per heavy atom. The van der Waals surface area contributed by atoms with Crippen molar-refractivity contribution in [3.63, 3.8) is 0 Å². The zero-order chi connectivity index (χ0) is 17.0. The maximum Gasteiger partial charge on any atom is 0.313 e. The molecule has 1 aromatic heterocycles. The van der Waals surface area contributed by atoms with Crippen molar-refractivity contribution in [2.75, 3.05) is 11.9 Å². The number of carbonyl (C=O) groups is 2. The zero-order valence-corrected chi connectivity index (χ0v) is 13.7. The third-order valence-corrected chi connectivity index (χ3v) is 3.45. The van der Waals surface area contributed by atoms with Crippen molar-refractivity contribution in [1.82, 2.24) is 9.88 Å². The molecule has 1 atom stereocenters. The quantitative estimate of drug-likeness (QED) is 0.734. The van der Waals surface area contributed by atoms with E-state index in [-0.39, 0.29) is 6.61 Å². The number of aliphatic hydroxyl groups is 1. The number of aliphatic hydroxyl groups excluding tert-OH is 1. The largest absolute Gasteiger partial charge is 0.394 e. The number of nitrogens with zero attached hydrogens (tertiary/aromatic N) is 1. The Kier molecular flexibility index (Phi) is 5.39. The lowest BCUT2D eigenvalue weighted by atomic mass is 10.2. The van der Waals surface area contributed by atoms with E-state index < -0.39 is 17.9 Å². The van der Waals surface area contributed by atoms with E-state index >= 15 is 0 Å². The first-order valence-electron chi connectivity index (χ1n) is 7.72. The van der Waals surface area contributed by atoms with Gasteiger partial charge in [0, 0.05) is 35.4 Å². The minimum atomic E-state index is -0.760. The third-order valence-electron chi connectivity index (χ3n) is 3.45. The first kappa shape index (κ1) is 17.0. The van der Waals surface area contributed by atoms with Gasteiger partial charge in [-0.1, -0.05) is 13.8 Å². The molecule has 124 valence electrons. The van der Waals surface area contributed by atoms with Crippen molar-refractivity contribution in [1.29, 1.82) is 0 Å². The first-order valence-corrected chi connectivity index (χ1v) is 7.72. The summed E-state index contributed by atoms with van der Waals surface area (Å²) in [6.45, 7) is 6.65. The summed E-state index contributed by atoms with van der Waals surface area (Å²) in [5.74, 6) is -0.961. The van der Waals surface area contributed by atoms with Crippen molar-refractivity contribution in [3.05, 3.63) is 30.5 Å². The Labute approximate surface area is 135 Å². The Balaban J connectivity index is 2.09. The maximum absolute atomic E-state index is 11.8. The van der Waals surface area contributed by atoms with Crippen molar-refractivity contribution >= 4 is 28.4 Å². The minimum Gasteiger partial charge on any atom is -0.394 e. The summed E-state index contributed by atoms with van der Waals surface area (Å²) in [5, 5.41) is 14.9. The van der Waals surface area contributed by atoms with Crippen LogP contribution in [-0.4, -0.2) is 34.1 Å². The molecule has 0 aliphatic heterocycles. The Hall–Kier alpha value is -2.34. The second-order valence-electron chi connectivity index (χ2n) is 6.15. The van der Waals surface area contributed by atoms with Crippen LogP contribution in [0.25, 0.3) is 10.9 Å². The number of anilines is 1. The van der Waals surface area contributed by atoms with Crippen LogP contribution >= 0.6 is 0 Å². The highest BCUT2D eigenvalue weighted by molar-refractivity contribution is 6.39. The molecule has 6 heteroatoms. The predicted molar refractivity (Wildman–Crippen MR) is 90.1 cm³/mol. The second-order valence-corrected chi connectivity index (χ2v) is 6.15. The Morgan fingerprint density at radius 1 is 1.17 bits per heavy atom. The zero-order valence-electron chi connectivity index (χ0n) is 13.7. The van der Waals surface area contributed by atoms with E-state index in [1.165, 1.54) is 0 Å². The number of benzene rings is 1. The lowest BCUT2D eigenvalue weighted by Crippen LogP contribution is -2.42. The smallest absolute Gasteiger partial charge is 0.313 e. The van der Waals surface area contributed by atoms with Crippen LogP contribution < -0.4 is 10.6 Å². The number of rotatable bonds is 5. The van der Waals surface area contributed by atoms with Gasteiger partial charge in [0.1, 0.15) is 0 Å². The van der Waals surface area contributed by atoms with E-state index in [9.17, 15) is 9.59 Å². The van der Waals surface area contributed by atoms with Gasteiger partial charge >= 0.3 is 11.8 Å². The van der Waals surface area contributed by atoms with E-state index in [0.29, 0.717) is 11.6 Å². The molecule has 0 aliphatic carbocycles. The summed E-state index contributed by atoms with van der Waals surface area (Å²) in [6, 6.07) is 7.08. The number of aromatic nitrogens is 1. The molecule has 3 N–H and O–H groups in total. The van der Waals surface area contributed by atoms with Crippen LogP contribution in [0.5, 0.6) is 0 Å². The lowest BCUT2D eigenvalue weighted by molar-refractivity contribution is -0.136. The van der Waals surface area contributed by atoms with E-state index in [4.69, 9.17) is 5.11 Å². The molecule has 0 radical (unpaired) electrons. The van der Waals surface area contributed by atoms with Gasteiger partial charge in [0.2, 0.25) is 0 Å². The Bertz CT molecular complexity index is 706. The fourth-order valence-electron chi connectivity index (χ4n) is 2.35. The van der Waals surface area contributed by atoms with Gasteiger partial charge in [-0.05, 0) is 37.1 Å². The van der Waals surface area contributed by atoms with Gasteiger partial charge in [-0.25, -0.2) is 0 Å². The summed E-state index contributed by atoms with van der Waals surface area (Å²) in [4.78, 5) is 23.5. The molecule has 2 rings (SSSR count). The number of hydrogen-bond donors (Lipinski definition) is 3. The van der Waals surface area contributed by atoms with E-state index in [0.717, 1.165) is 17.4 Å². The molecular weight excluding hydrogens is 294 g/mol. The number of carbonyl (C=O) groups excluding carboxylic acids is 2. The molecule has 0 saturated heterocycles. The standard InChI is InChI=1S/C17H23N3O3/c1-11(2)9-20-7-6-13-8-14(4-5-15(13)20)19-17(23)16(22)18-12(3)10-21/h4-8,11-12,21H,9-10H2,1-3H3,(H,18,22)(H,19,23). The fraction of sp³-hybridized carbons (Fsp3) is 0.412. The number of nitrogens with one attached hydrogen (secondary N) is 2. The molecule has 2 amide bonds. The maximum atomic E-state index is 11.8. The molecular formula is C17H23N3O3. The van der Waals surface area contributed by atoms with Gasteiger partial charge < -0.3 is 20.3 Å². The average Bonchev–Trinajstić information content (AvgIpc) is 2.88. The van der Waals surface area contributed by atoms with Crippen molar-refractivity contribution in [2.45, 2.75) is 33.4 Å². The summed E-state index contributed by atoms with van der Waals surface area (Å²) in [7, 11) is 0. The molecule has 23 heavy (non-hydrogen) atoms. The van der Waals surface area contributed by atoms with Crippen LogP contribution in [-0.2, 0) is 16.1 Å². The van der Waals surface area contributed by atoms with Gasteiger partial charge in [-0.3, -0.25) is 9.59 Å². The minimum absolute atomic E-state index is 0.214. The molecule has 0 fully saturated rings. The Morgan fingerprint density at radius 3 is 2.57 bits per heavy atom. The van der Waals surface area contributed by atoms with Gasteiger partial charge in [0.15, 0.2) is 0 Å². The molecule has 1 aromatic carbocycles. The van der Waals surface area contributed by atoms with Crippen LogP contribution in [0.1, 0.15) is 20.8 Å². The van der Waals surface area contributed by atoms with Crippen LogP contribution in [0, 0.1) is 5.92 Å². The van der Waals surface area contributed by atoms with Crippen molar-refractivity contribution in [3.8, 4) is 0 Å². The highest BCUT2D eigenvalue weighted by Gasteiger charge is 2.16. The molecule has 2 aromatic rings. The van der Waals surface area contributed by atoms with Crippen molar-refractivity contribution in [2.24, 2.45) is 5.92 Å². The van der Waals surface area contributed by atoms with Gasteiger partial charge in [0.05, 0.1) is 6.61 Å². The predicted octanol–water partition coefficient (Wildman–Crippen LogP) is 1.73. The van der Waals surface area contributed by atoms with Crippen molar-refractivity contribution < 1.29 is 14.7 Å². The number of amides is 2. The van der Waals surface area contributed by atoms with E-state index in [1.807, 2.05) is 24.4 Å². The van der Waals surface area contributed by atoms with Crippen LogP contribution in [0.15, 0.2) is 30.5 Å². The lowest BCUT2D eigenvalue weighted by Gasteiger charge is -2.11. The average molecular weight is 317 g/mol. The molecule has 0 bridgehead atoms. The molecule has 0 saturated carbocycles. The second kappa shape index (κ2) is 7.28. The van der Waals surface area contributed by atoms with E-state index in [2.05, 4.69) is 29.0 Å². The molecule has 1 unspecified atom stereocenters. The first-order chi connectivity index (χ1) is 10.9. The summed E-state index contributed by atoms with van der Waals surface area (Å²) < 4.78 is 2.17. The SMILES string of the molecule is CC(C)Cn1ccc2cc(NC(=O)C(=O)NC(C)CO)ccc21. The summed E-state index contributed by atoms with van der Waals surface area (Å²) >= 11 is 0. The highest BCUT2D eigenvalue weighted by Crippen LogP contribution is 2.21. The number of fused-ring (bicyclic) bond motifs is 1. The normalized spacial score (nSPS) is 12.4. The summed E-state index contributed by atoms with van der Waals surface area (Å²) in [5.41, 5.74) is 1.66. The topological polar surface area (TPSA) is 83.4 Å². The van der Waals surface area contributed by atoms with Gasteiger partial charge in [0.25, 0.3) is 0 Å². The van der Waals surface area contributed by atoms with Crippen LogP contribution in [0.4, 0.5) is 5.69 Å². The molecule has 0 aliphatic rings. The van der Waals surface area contributed by atoms with Gasteiger partial charge in [-0.2, -0.15) is 0 Å². The molecule has 0 spiro atoms.